The predicted octanol–water partition coefficient (Wildman–Crippen LogP) is 3.11. The molecular formula is C23H29FN4O2. The van der Waals surface area contributed by atoms with Crippen molar-refractivity contribution in [1.82, 2.24) is 15.5 Å². The molecule has 0 saturated carbocycles. The van der Waals surface area contributed by atoms with Crippen LogP contribution in [0.15, 0.2) is 53.5 Å². The summed E-state index contributed by atoms with van der Waals surface area (Å²) in [5.74, 6) is 0.431. The number of amides is 1. The molecule has 2 aromatic rings. The number of hydrogen-bond donors (Lipinski definition) is 2. The van der Waals surface area contributed by atoms with Gasteiger partial charge in [0.25, 0.3) is 5.91 Å². The van der Waals surface area contributed by atoms with E-state index in [2.05, 4.69) is 20.5 Å². The molecule has 2 unspecified atom stereocenters. The SMILES string of the molecule is CCNC(=O)c1cccc(CNC(=NC)N2CC(C)OC(c3ccc(F)cc3)C2)c1. The summed E-state index contributed by atoms with van der Waals surface area (Å²) in [4.78, 5) is 18.6. The zero-order valence-corrected chi connectivity index (χ0v) is 17.7. The highest BCUT2D eigenvalue weighted by atomic mass is 19.1. The lowest BCUT2D eigenvalue weighted by molar-refractivity contribution is -0.0605. The maximum Gasteiger partial charge on any atom is 0.251 e. The molecule has 1 heterocycles. The van der Waals surface area contributed by atoms with Crippen LogP contribution >= 0.6 is 0 Å². The molecule has 30 heavy (non-hydrogen) atoms. The number of hydrogen-bond acceptors (Lipinski definition) is 3. The molecule has 0 bridgehead atoms. The van der Waals surface area contributed by atoms with Crippen LogP contribution in [0.25, 0.3) is 0 Å². The van der Waals surface area contributed by atoms with E-state index in [0.29, 0.717) is 31.7 Å². The third-order valence-corrected chi connectivity index (χ3v) is 4.99. The number of nitrogens with zero attached hydrogens (tertiary/aromatic N) is 2. The van der Waals surface area contributed by atoms with Gasteiger partial charge in [0.2, 0.25) is 0 Å². The average molecular weight is 413 g/mol. The Labute approximate surface area is 177 Å². The number of aliphatic imine (C=N–C) groups is 1. The Hall–Kier alpha value is -2.93. The molecule has 1 saturated heterocycles. The van der Waals surface area contributed by atoms with Crippen molar-refractivity contribution in [3.05, 3.63) is 71.0 Å². The molecule has 0 radical (unpaired) electrons. The molecule has 160 valence electrons. The van der Waals surface area contributed by atoms with Gasteiger partial charge in [-0.05, 0) is 49.2 Å². The first-order valence-corrected chi connectivity index (χ1v) is 10.2. The molecule has 7 heteroatoms. The summed E-state index contributed by atoms with van der Waals surface area (Å²) < 4.78 is 19.3. The van der Waals surface area contributed by atoms with Crippen LogP contribution in [0.3, 0.4) is 0 Å². The summed E-state index contributed by atoms with van der Waals surface area (Å²) in [6.45, 7) is 6.39. The van der Waals surface area contributed by atoms with Crippen LogP contribution in [0.2, 0.25) is 0 Å². The van der Waals surface area contributed by atoms with E-state index >= 15 is 0 Å². The van der Waals surface area contributed by atoms with E-state index in [-0.39, 0.29) is 23.9 Å². The van der Waals surface area contributed by atoms with Gasteiger partial charge >= 0.3 is 0 Å². The Morgan fingerprint density at radius 2 is 1.97 bits per heavy atom. The standard InChI is InChI=1S/C23H29FN4O2/c1-4-26-22(29)19-7-5-6-17(12-19)13-27-23(25-3)28-14-16(2)30-21(15-28)18-8-10-20(24)11-9-18/h5-12,16,21H,4,13-15H2,1-3H3,(H,25,27)(H,26,29). The van der Waals surface area contributed by atoms with Gasteiger partial charge in [-0.2, -0.15) is 0 Å². The number of carbonyl (C=O) groups excluding carboxylic acids is 1. The minimum Gasteiger partial charge on any atom is -0.367 e. The van der Waals surface area contributed by atoms with E-state index in [1.54, 1.807) is 25.2 Å². The van der Waals surface area contributed by atoms with Crippen molar-refractivity contribution in [3.63, 3.8) is 0 Å². The fraction of sp³-hybridized carbons (Fsp3) is 0.391. The zero-order valence-electron chi connectivity index (χ0n) is 17.7. The second kappa shape index (κ2) is 10.2. The number of guanidine groups is 1. The second-order valence-electron chi connectivity index (χ2n) is 7.35. The van der Waals surface area contributed by atoms with Crippen LogP contribution in [0.4, 0.5) is 4.39 Å². The minimum atomic E-state index is -0.258. The third-order valence-electron chi connectivity index (χ3n) is 4.99. The number of halogens is 1. The van der Waals surface area contributed by atoms with Crippen molar-refractivity contribution >= 4 is 11.9 Å². The van der Waals surface area contributed by atoms with E-state index in [1.165, 1.54) is 12.1 Å². The van der Waals surface area contributed by atoms with Crippen LogP contribution in [0.5, 0.6) is 0 Å². The van der Waals surface area contributed by atoms with Crippen LogP contribution in [-0.2, 0) is 11.3 Å². The van der Waals surface area contributed by atoms with Gasteiger partial charge in [-0.1, -0.05) is 24.3 Å². The van der Waals surface area contributed by atoms with Gasteiger partial charge in [-0.25, -0.2) is 4.39 Å². The van der Waals surface area contributed by atoms with Gasteiger partial charge in [0.15, 0.2) is 5.96 Å². The van der Waals surface area contributed by atoms with Crippen molar-refractivity contribution in [2.24, 2.45) is 4.99 Å². The Morgan fingerprint density at radius 1 is 1.20 bits per heavy atom. The lowest BCUT2D eigenvalue weighted by atomic mass is 10.1. The normalized spacial score (nSPS) is 19.5. The number of carbonyl (C=O) groups is 1. The van der Waals surface area contributed by atoms with E-state index in [9.17, 15) is 9.18 Å². The number of benzene rings is 2. The number of morpholine rings is 1. The quantitative estimate of drug-likeness (QED) is 0.585. The van der Waals surface area contributed by atoms with Crippen molar-refractivity contribution in [3.8, 4) is 0 Å². The molecule has 2 aromatic carbocycles. The Kier molecular flexibility index (Phi) is 7.41. The zero-order chi connectivity index (χ0) is 21.5. The molecule has 1 aliphatic rings. The monoisotopic (exact) mass is 412 g/mol. The molecule has 0 spiro atoms. The Morgan fingerprint density at radius 3 is 2.67 bits per heavy atom. The summed E-state index contributed by atoms with van der Waals surface area (Å²) in [6, 6.07) is 14.0. The molecule has 1 fully saturated rings. The van der Waals surface area contributed by atoms with Gasteiger partial charge in [0, 0.05) is 32.2 Å². The fourth-order valence-electron chi connectivity index (χ4n) is 3.58. The topological polar surface area (TPSA) is 66.0 Å². The maximum absolute atomic E-state index is 13.3. The number of nitrogens with one attached hydrogen (secondary N) is 2. The molecule has 0 aromatic heterocycles. The summed E-state index contributed by atoms with van der Waals surface area (Å²) in [5.41, 5.74) is 2.58. The van der Waals surface area contributed by atoms with Crippen LogP contribution in [-0.4, -0.2) is 49.6 Å². The highest BCUT2D eigenvalue weighted by Crippen LogP contribution is 2.25. The first-order chi connectivity index (χ1) is 14.5. The van der Waals surface area contributed by atoms with E-state index in [4.69, 9.17) is 4.74 Å². The van der Waals surface area contributed by atoms with Crippen LogP contribution < -0.4 is 10.6 Å². The van der Waals surface area contributed by atoms with Crippen molar-refractivity contribution < 1.29 is 13.9 Å². The molecule has 3 rings (SSSR count). The Bertz CT molecular complexity index is 885. The van der Waals surface area contributed by atoms with Gasteiger partial charge in [-0.15, -0.1) is 0 Å². The summed E-state index contributed by atoms with van der Waals surface area (Å²) >= 11 is 0. The third kappa shape index (κ3) is 5.57. The lowest BCUT2D eigenvalue weighted by Crippen LogP contribution is -2.50. The first kappa shape index (κ1) is 21.8. The van der Waals surface area contributed by atoms with E-state index in [0.717, 1.165) is 17.1 Å². The fourth-order valence-corrected chi connectivity index (χ4v) is 3.58. The van der Waals surface area contributed by atoms with Crippen LogP contribution in [0.1, 0.15) is 41.4 Å². The van der Waals surface area contributed by atoms with Gasteiger partial charge < -0.3 is 20.3 Å². The number of rotatable bonds is 5. The highest BCUT2D eigenvalue weighted by molar-refractivity contribution is 5.94. The first-order valence-electron chi connectivity index (χ1n) is 10.2. The average Bonchev–Trinajstić information content (AvgIpc) is 2.75. The Balaban J connectivity index is 1.66. The minimum absolute atomic E-state index is 0.00780. The molecule has 1 amide bonds. The predicted molar refractivity (Wildman–Crippen MR) is 116 cm³/mol. The lowest BCUT2D eigenvalue weighted by Gasteiger charge is -2.38. The molecule has 6 nitrogen and oxygen atoms in total. The summed E-state index contributed by atoms with van der Waals surface area (Å²) in [5, 5.41) is 6.20. The number of ether oxygens (including phenoxy) is 1. The maximum atomic E-state index is 13.3. The highest BCUT2D eigenvalue weighted by Gasteiger charge is 2.28. The van der Waals surface area contributed by atoms with Crippen LogP contribution in [0, 0.1) is 5.82 Å². The molecule has 1 aliphatic heterocycles. The largest absolute Gasteiger partial charge is 0.367 e. The molecule has 0 aliphatic carbocycles. The smallest absolute Gasteiger partial charge is 0.251 e. The molecular weight excluding hydrogens is 383 g/mol. The van der Waals surface area contributed by atoms with Gasteiger partial charge in [-0.3, -0.25) is 9.79 Å². The van der Waals surface area contributed by atoms with E-state index < -0.39 is 0 Å². The van der Waals surface area contributed by atoms with E-state index in [1.807, 2.05) is 32.0 Å². The van der Waals surface area contributed by atoms with Gasteiger partial charge in [0.1, 0.15) is 11.9 Å². The van der Waals surface area contributed by atoms with Crippen molar-refractivity contribution in [1.29, 1.82) is 0 Å². The molecule has 2 N–H and O–H groups in total. The second-order valence-corrected chi connectivity index (χ2v) is 7.35. The molecule has 2 atom stereocenters. The summed E-state index contributed by atoms with van der Waals surface area (Å²) in [7, 11) is 1.75. The summed E-state index contributed by atoms with van der Waals surface area (Å²) in [6.07, 6.45) is -0.151. The van der Waals surface area contributed by atoms with Crippen molar-refractivity contribution in [2.75, 3.05) is 26.7 Å². The van der Waals surface area contributed by atoms with Crippen molar-refractivity contribution in [2.45, 2.75) is 32.6 Å². The van der Waals surface area contributed by atoms with Gasteiger partial charge in [0.05, 0.1) is 12.6 Å².